The van der Waals surface area contributed by atoms with Crippen LogP contribution in [0.2, 0.25) is 0 Å². The van der Waals surface area contributed by atoms with Gasteiger partial charge in [0, 0.05) is 27.8 Å². The Bertz CT molecular complexity index is 549. The maximum Gasteiger partial charge on any atom is 0.258 e. The number of carbonyl (C=O) groups excluding carboxylic acids is 1. The van der Waals surface area contributed by atoms with Gasteiger partial charge in [0.15, 0.2) is 18.1 Å². The zero-order valence-electron chi connectivity index (χ0n) is 13.7. The van der Waals surface area contributed by atoms with Gasteiger partial charge >= 0.3 is 0 Å². The van der Waals surface area contributed by atoms with E-state index in [-0.39, 0.29) is 23.8 Å². The summed E-state index contributed by atoms with van der Waals surface area (Å²) in [7, 11) is 0.782. The van der Waals surface area contributed by atoms with E-state index < -0.39 is 10.8 Å². The number of hydrogen-bond donors (Lipinski definition) is 1. The molecule has 1 N–H and O–H groups in total. The first-order valence-corrected chi connectivity index (χ1v) is 9.44. The number of para-hydroxylation sites is 2. The summed E-state index contributed by atoms with van der Waals surface area (Å²) in [5, 5.41) is 3.20. The highest BCUT2D eigenvalue weighted by atomic mass is 32.2. The van der Waals surface area contributed by atoms with Gasteiger partial charge in [-0.15, -0.1) is 0 Å². The summed E-state index contributed by atoms with van der Waals surface area (Å²) in [5.74, 6) is 1.70. The van der Waals surface area contributed by atoms with E-state index in [0.717, 1.165) is 25.7 Å². The average molecular weight is 339 g/mol. The first-order chi connectivity index (χ1) is 11.1. The predicted molar refractivity (Wildman–Crippen MR) is 91.4 cm³/mol. The van der Waals surface area contributed by atoms with Crippen molar-refractivity contribution in [3.63, 3.8) is 0 Å². The molecule has 1 amide bonds. The second kappa shape index (κ2) is 8.91. The van der Waals surface area contributed by atoms with E-state index in [2.05, 4.69) is 5.32 Å². The van der Waals surface area contributed by atoms with Gasteiger partial charge < -0.3 is 14.8 Å². The van der Waals surface area contributed by atoms with E-state index in [4.69, 9.17) is 9.47 Å². The van der Waals surface area contributed by atoms with E-state index in [1.807, 2.05) is 19.1 Å². The number of rotatable bonds is 7. The highest BCUT2D eigenvalue weighted by Crippen LogP contribution is 2.26. The van der Waals surface area contributed by atoms with Crippen molar-refractivity contribution in [3.05, 3.63) is 24.3 Å². The van der Waals surface area contributed by atoms with E-state index >= 15 is 0 Å². The van der Waals surface area contributed by atoms with Gasteiger partial charge in [-0.05, 0) is 31.4 Å². The third kappa shape index (κ3) is 5.23. The van der Waals surface area contributed by atoms with Crippen LogP contribution in [0, 0.1) is 0 Å². The predicted octanol–water partition coefficient (Wildman–Crippen LogP) is 2.27. The highest BCUT2D eigenvalue weighted by Gasteiger charge is 2.26. The minimum Gasteiger partial charge on any atom is -0.493 e. The summed E-state index contributed by atoms with van der Waals surface area (Å²) in [6.45, 7) is 1.90. The van der Waals surface area contributed by atoms with Crippen molar-refractivity contribution in [1.29, 1.82) is 0 Å². The summed E-state index contributed by atoms with van der Waals surface area (Å²) >= 11 is 0. The van der Waals surface area contributed by atoms with Crippen molar-refractivity contribution in [1.82, 2.24) is 5.32 Å². The molecule has 6 heteroatoms. The quantitative estimate of drug-likeness (QED) is 0.828. The molecule has 0 saturated heterocycles. The van der Waals surface area contributed by atoms with Crippen LogP contribution in [0.15, 0.2) is 24.3 Å². The highest BCUT2D eigenvalue weighted by molar-refractivity contribution is 7.85. The third-order valence-electron chi connectivity index (χ3n) is 4.08. The Morgan fingerprint density at radius 1 is 1.30 bits per heavy atom. The summed E-state index contributed by atoms with van der Waals surface area (Å²) in [6, 6.07) is 7.34. The molecule has 1 aliphatic rings. The van der Waals surface area contributed by atoms with E-state index in [0.29, 0.717) is 17.3 Å². The molecule has 128 valence electrons. The van der Waals surface area contributed by atoms with Crippen LogP contribution in [-0.4, -0.2) is 40.9 Å². The maximum absolute atomic E-state index is 12.1. The molecule has 0 heterocycles. The molecule has 1 aromatic carbocycles. The largest absolute Gasteiger partial charge is 0.493 e. The topological polar surface area (TPSA) is 64.6 Å². The van der Waals surface area contributed by atoms with Crippen molar-refractivity contribution in [2.75, 3.05) is 19.5 Å². The summed E-state index contributed by atoms with van der Waals surface area (Å²) < 4.78 is 22.7. The maximum atomic E-state index is 12.1. The number of hydrogen-bond acceptors (Lipinski definition) is 4. The van der Waals surface area contributed by atoms with Crippen LogP contribution in [0.5, 0.6) is 11.5 Å². The molecule has 5 nitrogen and oxygen atoms in total. The monoisotopic (exact) mass is 339 g/mol. The van der Waals surface area contributed by atoms with Gasteiger partial charge in [0.05, 0.1) is 7.11 Å². The lowest BCUT2D eigenvalue weighted by Crippen LogP contribution is -2.42. The van der Waals surface area contributed by atoms with Crippen LogP contribution < -0.4 is 14.8 Å². The zero-order valence-corrected chi connectivity index (χ0v) is 14.6. The third-order valence-corrected chi connectivity index (χ3v) is 5.82. The zero-order chi connectivity index (χ0) is 16.7. The van der Waals surface area contributed by atoms with Crippen LogP contribution in [0.25, 0.3) is 0 Å². The molecule has 0 radical (unpaired) electrons. The van der Waals surface area contributed by atoms with Gasteiger partial charge in [-0.25, -0.2) is 0 Å². The summed E-state index contributed by atoms with van der Waals surface area (Å²) in [5.41, 5.74) is 0. The molecule has 23 heavy (non-hydrogen) atoms. The van der Waals surface area contributed by atoms with Crippen LogP contribution in [-0.2, 0) is 15.6 Å². The average Bonchev–Trinajstić information content (AvgIpc) is 2.59. The fraction of sp³-hybridized carbons (Fsp3) is 0.588. The number of ether oxygens (including phenoxy) is 2. The standard InChI is InChI=1S/C17H25NO4S/c1-3-23(20)14-8-6-7-13(11-14)18-17(19)12-22-16-10-5-4-9-15(16)21-2/h4-5,9-10,13-14H,3,6-8,11-12H2,1-2H3,(H,18,19)/t13-,14+,23+/m0/s1. The van der Waals surface area contributed by atoms with Gasteiger partial charge in [-0.1, -0.05) is 25.5 Å². The molecular weight excluding hydrogens is 314 g/mol. The van der Waals surface area contributed by atoms with E-state index in [9.17, 15) is 9.00 Å². The van der Waals surface area contributed by atoms with Crippen LogP contribution in [0.4, 0.5) is 0 Å². The molecule has 2 rings (SSSR count). The molecular formula is C17H25NO4S. The van der Waals surface area contributed by atoms with E-state index in [1.165, 1.54) is 0 Å². The molecule has 0 bridgehead atoms. The van der Waals surface area contributed by atoms with Crippen LogP contribution >= 0.6 is 0 Å². The van der Waals surface area contributed by atoms with Crippen LogP contribution in [0.3, 0.4) is 0 Å². The van der Waals surface area contributed by atoms with Crippen molar-refractivity contribution in [3.8, 4) is 11.5 Å². The Kier molecular flexibility index (Phi) is 6.89. The minimum atomic E-state index is -0.786. The molecule has 1 aliphatic carbocycles. The van der Waals surface area contributed by atoms with Gasteiger partial charge in [-0.2, -0.15) is 0 Å². The molecule has 0 aromatic heterocycles. The Hall–Kier alpha value is -1.56. The molecule has 1 fully saturated rings. The van der Waals surface area contributed by atoms with Crippen molar-refractivity contribution in [2.45, 2.75) is 43.9 Å². The minimum absolute atomic E-state index is 0.0432. The SMILES string of the molecule is CC[S@@](=O)[C@@H]1CCC[C@H](NC(=O)COc2ccccc2OC)C1. The Labute approximate surface area is 140 Å². The Morgan fingerprint density at radius 3 is 2.74 bits per heavy atom. The molecule has 0 aliphatic heterocycles. The normalized spacial score (nSPS) is 22.2. The lowest BCUT2D eigenvalue weighted by molar-refractivity contribution is -0.124. The molecule has 1 saturated carbocycles. The Morgan fingerprint density at radius 2 is 2.04 bits per heavy atom. The van der Waals surface area contributed by atoms with Gasteiger partial charge in [0.2, 0.25) is 0 Å². The summed E-state index contributed by atoms with van der Waals surface area (Å²) in [4.78, 5) is 12.1. The van der Waals surface area contributed by atoms with Gasteiger partial charge in [-0.3, -0.25) is 9.00 Å². The first kappa shape index (κ1) is 17.8. The van der Waals surface area contributed by atoms with Crippen molar-refractivity contribution < 1.29 is 18.5 Å². The molecule has 3 atom stereocenters. The smallest absolute Gasteiger partial charge is 0.258 e. The fourth-order valence-corrected chi connectivity index (χ4v) is 4.25. The fourth-order valence-electron chi connectivity index (χ4n) is 2.90. The number of amides is 1. The Balaban J connectivity index is 1.81. The molecule has 1 aromatic rings. The molecule has 0 spiro atoms. The lowest BCUT2D eigenvalue weighted by atomic mass is 9.95. The lowest BCUT2D eigenvalue weighted by Gasteiger charge is -2.29. The molecule has 0 unspecified atom stereocenters. The number of methoxy groups -OCH3 is 1. The van der Waals surface area contributed by atoms with Crippen LogP contribution in [0.1, 0.15) is 32.6 Å². The second-order valence-electron chi connectivity index (χ2n) is 5.66. The number of carbonyl (C=O) groups is 1. The van der Waals surface area contributed by atoms with Crippen molar-refractivity contribution in [2.24, 2.45) is 0 Å². The second-order valence-corrected chi connectivity index (χ2v) is 7.67. The van der Waals surface area contributed by atoms with E-state index in [1.54, 1.807) is 19.2 Å². The number of nitrogens with one attached hydrogen (secondary N) is 1. The van der Waals surface area contributed by atoms with Gasteiger partial charge in [0.1, 0.15) is 0 Å². The van der Waals surface area contributed by atoms with Crippen molar-refractivity contribution >= 4 is 16.7 Å². The number of benzene rings is 1. The summed E-state index contributed by atoms with van der Waals surface area (Å²) in [6.07, 6.45) is 3.73. The first-order valence-electron chi connectivity index (χ1n) is 8.06. The van der Waals surface area contributed by atoms with Gasteiger partial charge in [0.25, 0.3) is 5.91 Å².